The van der Waals surface area contributed by atoms with Crippen LogP contribution in [0, 0.1) is 5.92 Å². The number of rotatable bonds is 7. The van der Waals surface area contributed by atoms with Crippen LogP contribution in [0.25, 0.3) is 0 Å². The van der Waals surface area contributed by atoms with Gasteiger partial charge in [0.15, 0.2) is 0 Å². The summed E-state index contributed by atoms with van der Waals surface area (Å²) in [6.45, 7) is 6.13. The van der Waals surface area contributed by atoms with Gasteiger partial charge in [0.1, 0.15) is 0 Å². The van der Waals surface area contributed by atoms with Gasteiger partial charge in [0, 0.05) is 5.57 Å². The molecule has 0 saturated heterocycles. The van der Waals surface area contributed by atoms with E-state index in [1.165, 1.54) is 25.7 Å². The molecule has 14 heavy (non-hydrogen) atoms. The van der Waals surface area contributed by atoms with E-state index in [-0.39, 0.29) is 5.91 Å². The van der Waals surface area contributed by atoms with E-state index in [1.54, 1.807) is 6.92 Å². The minimum Gasteiger partial charge on any atom is -0.366 e. The fourth-order valence-electron chi connectivity index (χ4n) is 1.49. The van der Waals surface area contributed by atoms with Crippen molar-refractivity contribution in [2.45, 2.75) is 52.9 Å². The number of unbranched alkanes of at least 4 members (excludes halogenated alkanes) is 3. The van der Waals surface area contributed by atoms with Gasteiger partial charge in [-0.3, -0.25) is 4.79 Å². The maximum absolute atomic E-state index is 10.8. The Morgan fingerprint density at radius 1 is 1.36 bits per heavy atom. The Hall–Kier alpha value is -0.790. The Morgan fingerprint density at radius 3 is 2.50 bits per heavy atom. The lowest BCUT2D eigenvalue weighted by Crippen LogP contribution is -2.12. The third kappa shape index (κ3) is 6.70. The summed E-state index contributed by atoms with van der Waals surface area (Å²) in [5, 5.41) is 0. The number of carbonyl (C=O) groups excluding carboxylic acids is 1. The molecular formula is C12H23NO. The van der Waals surface area contributed by atoms with Crippen molar-refractivity contribution in [3.8, 4) is 0 Å². The first-order chi connectivity index (χ1) is 6.57. The van der Waals surface area contributed by atoms with Crippen molar-refractivity contribution < 1.29 is 4.79 Å². The second-order valence-electron chi connectivity index (χ2n) is 4.04. The monoisotopic (exact) mass is 197 g/mol. The second kappa shape index (κ2) is 7.60. The van der Waals surface area contributed by atoms with Gasteiger partial charge in [0.25, 0.3) is 0 Å². The third-order valence-corrected chi connectivity index (χ3v) is 2.44. The lowest BCUT2D eigenvalue weighted by Gasteiger charge is -2.06. The largest absolute Gasteiger partial charge is 0.366 e. The van der Waals surface area contributed by atoms with Gasteiger partial charge in [0.2, 0.25) is 5.91 Å². The van der Waals surface area contributed by atoms with Crippen LogP contribution in [0.15, 0.2) is 11.6 Å². The molecule has 0 fully saturated rings. The highest BCUT2D eigenvalue weighted by molar-refractivity contribution is 5.91. The lowest BCUT2D eigenvalue weighted by atomic mass is 10.00. The topological polar surface area (TPSA) is 43.1 Å². The SMILES string of the molecule is CCCCCCC(C)C=C(C)C(N)=O. The number of amides is 1. The van der Waals surface area contributed by atoms with Gasteiger partial charge >= 0.3 is 0 Å². The molecule has 1 amide bonds. The molecule has 2 N–H and O–H groups in total. The van der Waals surface area contributed by atoms with Crippen LogP contribution in [-0.2, 0) is 4.79 Å². The molecule has 0 aromatic heterocycles. The molecule has 0 aliphatic rings. The molecule has 0 rings (SSSR count). The summed E-state index contributed by atoms with van der Waals surface area (Å²) in [7, 11) is 0. The Kier molecular flexibility index (Phi) is 7.17. The molecule has 82 valence electrons. The number of hydrogen-bond acceptors (Lipinski definition) is 1. The number of allylic oxidation sites excluding steroid dienone is 1. The Labute approximate surface area is 87.6 Å². The smallest absolute Gasteiger partial charge is 0.244 e. The highest BCUT2D eigenvalue weighted by Crippen LogP contribution is 2.13. The average molecular weight is 197 g/mol. The minimum absolute atomic E-state index is 0.301. The molecule has 0 aromatic rings. The van der Waals surface area contributed by atoms with Gasteiger partial charge in [0.05, 0.1) is 0 Å². The van der Waals surface area contributed by atoms with Crippen LogP contribution in [0.5, 0.6) is 0 Å². The zero-order valence-electron chi connectivity index (χ0n) is 9.68. The van der Waals surface area contributed by atoms with Gasteiger partial charge in [-0.1, -0.05) is 45.6 Å². The maximum atomic E-state index is 10.8. The molecular weight excluding hydrogens is 174 g/mol. The molecule has 0 aromatic carbocycles. The van der Waals surface area contributed by atoms with E-state index >= 15 is 0 Å². The summed E-state index contributed by atoms with van der Waals surface area (Å²) in [6, 6.07) is 0. The van der Waals surface area contributed by atoms with Crippen molar-refractivity contribution >= 4 is 5.91 Å². The maximum Gasteiger partial charge on any atom is 0.244 e. The van der Waals surface area contributed by atoms with Crippen molar-refractivity contribution in [2.75, 3.05) is 0 Å². The van der Waals surface area contributed by atoms with Crippen LogP contribution < -0.4 is 5.73 Å². The van der Waals surface area contributed by atoms with E-state index in [1.807, 2.05) is 6.08 Å². The third-order valence-electron chi connectivity index (χ3n) is 2.44. The van der Waals surface area contributed by atoms with E-state index < -0.39 is 0 Å². The van der Waals surface area contributed by atoms with E-state index in [0.717, 1.165) is 6.42 Å². The molecule has 2 heteroatoms. The number of carbonyl (C=O) groups is 1. The van der Waals surface area contributed by atoms with Gasteiger partial charge in [-0.25, -0.2) is 0 Å². The standard InChI is InChI=1S/C12H23NO/c1-4-5-6-7-8-10(2)9-11(3)12(13)14/h9-10H,4-8H2,1-3H3,(H2,13,14). The number of nitrogens with two attached hydrogens (primary N) is 1. The molecule has 0 spiro atoms. The van der Waals surface area contributed by atoms with Crippen LogP contribution in [-0.4, -0.2) is 5.91 Å². The van der Waals surface area contributed by atoms with Crippen LogP contribution in [0.3, 0.4) is 0 Å². The van der Waals surface area contributed by atoms with Gasteiger partial charge in [-0.15, -0.1) is 0 Å². The summed E-state index contributed by atoms with van der Waals surface area (Å²) in [6.07, 6.45) is 8.26. The predicted octanol–water partition coefficient (Wildman–Crippen LogP) is 3.02. The molecule has 1 atom stereocenters. The Bertz CT molecular complexity index is 196. The molecule has 0 aliphatic carbocycles. The first kappa shape index (κ1) is 13.2. The van der Waals surface area contributed by atoms with Crippen LogP contribution in [0.2, 0.25) is 0 Å². The van der Waals surface area contributed by atoms with Crippen LogP contribution in [0.1, 0.15) is 52.9 Å². The molecule has 1 unspecified atom stereocenters. The van der Waals surface area contributed by atoms with Crippen molar-refractivity contribution in [3.63, 3.8) is 0 Å². The molecule has 0 saturated carbocycles. The molecule has 0 radical (unpaired) electrons. The molecule has 0 heterocycles. The average Bonchev–Trinajstić information content (AvgIpc) is 2.12. The molecule has 2 nitrogen and oxygen atoms in total. The van der Waals surface area contributed by atoms with Crippen LogP contribution in [0.4, 0.5) is 0 Å². The number of primary amides is 1. The summed E-state index contributed by atoms with van der Waals surface area (Å²) in [5.74, 6) is 0.171. The van der Waals surface area contributed by atoms with E-state index in [0.29, 0.717) is 11.5 Å². The van der Waals surface area contributed by atoms with Crippen molar-refractivity contribution in [1.29, 1.82) is 0 Å². The van der Waals surface area contributed by atoms with Crippen molar-refractivity contribution in [1.82, 2.24) is 0 Å². The summed E-state index contributed by atoms with van der Waals surface area (Å²) < 4.78 is 0. The lowest BCUT2D eigenvalue weighted by molar-refractivity contribution is -0.114. The van der Waals surface area contributed by atoms with Crippen molar-refractivity contribution in [2.24, 2.45) is 11.7 Å². The Balaban J connectivity index is 3.69. The highest BCUT2D eigenvalue weighted by Gasteiger charge is 2.02. The predicted molar refractivity (Wildman–Crippen MR) is 60.9 cm³/mol. The van der Waals surface area contributed by atoms with E-state index in [9.17, 15) is 4.79 Å². The fourth-order valence-corrected chi connectivity index (χ4v) is 1.49. The first-order valence-corrected chi connectivity index (χ1v) is 5.56. The van der Waals surface area contributed by atoms with Crippen LogP contribution >= 0.6 is 0 Å². The normalized spacial score (nSPS) is 14.1. The number of hydrogen-bond donors (Lipinski definition) is 1. The molecule has 0 bridgehead atoms. The molecule has 0 aliphatic heterocycles. The highest BCUT2D eigenvalue weighted by atomic mass is 16.1. The second-order valence-corrected chi connectivity index (χ2v) is 4.04. The summed E-state index contributed by atoms with van der Waals surface area (Å²) in [4.78, 5) is 10.8. The summed E-state index contributed by atoms with van der Waals surface area (Å²) in [5.41, 5.74) is 5.84. The van der Waals surface area contributed by atoms with Gasteiger partial charge < -0.3 is 5.73 Å². The van der Waals surface area contributed by atoms with Gasteiger partial charge in [-0.2, -0.15) is 0 Å². The van der Waals surface area contributed by atoms with E-state index in [2.05, 4.69) is 13.8 Å². The Morgan fingerprint density at radius 2 is 2.00 bits per heavy atom. The van der Waals surface area contributed by atoms with Crippen molar-refractivity contribution in [3.05, 3.63) is 11.6 Å². The zero-order valence-corrected chi connectivity index (χ0v) is 9.68. The minimum atomic E-state index is -0.301. The van der Waals surface area contributed by atoms with E-state index in [4.69, 9.17) is 5.73 Å². The fraction of sp³-hybridized carbons (Fsp3) is 0.750. The quantitative estimate of drug-likeness (QED) is 0.495. The first-order valence-electron chi connectivity index (χ1n) is 5.56. The van der Waals surface area contributed by atoms with Gasteiger partial charge in [-0.05, 0) is 19.3 Å². The summed E-state index contributed by atoms with van der Waals surface area (Å²) >= 11 is 0. The zero-order chi connectivity index (χ0) is 11.0.